The summed E-state index contributed by atoms with van der Waals surface area (Å²) < 4.78 is 32.1. The largest absolute Gasteiger partial charge is 0.459 e. The highest BCUT2D eigenvalue weighted by Gasteiger charge is 2.35. The maximum absolute atomic E-state index is 15.4. The number of hydrogen-bond acceptors (Lipinski definition) is 7. The summed E-state index contributed by atoms with van der Waals surface area (Å²) >= 11 is 0. The summed E-state index contributed by atoms with van der Waals surface area (Å²) in [5.41, 5.74) is 0.164. The first kappa shape index (κ1) is 21.2. The van der Waals surface area contributed by atoms with Crippen molar-refractivity contribution in [1.29, 1.82) is 0 Å². The molecular weight excluding hydrogens is 397 g/mol. The van der Waals surface area contributed by atoms with E-state index in [0.717, 1.165) is 6.92 Å². The van der Waals surface area contributed by atoms with Crippen LogP contribution in [0.15, 0.2) is 53.7 Å². The molecule has 0 radical (unpaired) electrons. The number of nitrogens with one attached hydrogen (secondary N) is 1. The van der Waals surface area contributed by atoms with Crippen molar-refractivity contribution in [2.75, 3.05) is 13.7 Å². The molecule has 3 aromatic rings. The monoisotopic (exact) mass is 417 g/mol. The lowest BCUT2D eigenvalue weighted by Gasteiger charge is -2.27. The van der Waals surface area contributed by atoms with Gasteiger partial charge in [0.2, 0.25) is 6.23 Å². The number of ether oxygens (including phenoxy) is 3. The van der Waals surface area contributed by atoms with Crippen LogP contribution in [0.1, 0.15) is 23.5 Å². The number of alkyl halides is 1. The molecular formula is C20H20FN3O6. The zero-order valence-corrected chi connectivity index (χ0v) is 16.3. The van der Waals surface area contributed by atoms with Crippen molar-refractivity contribution >= 4 is 23.0 Å². The Hall–Kier alpha value is -3.53. The molecule has 0 amide bonds. The molecule has 0 aliphatic heterocycles. The van der Waals surface area contributed by atoms with E-state index in [9.17, 15) is 14.4 Å². The topological polar surface area (TPSA) is 113 Å². The van der Waals surface area contributed by atoms with Crippen LogP contribution in [0.25, 0.3) is 11.0 Å². The van der Waals surface area contributed by atoms with E-state index in [1.54, 1.807) is 30.3 Å². The highest BCUT2D eigenvalue weighted by molar-refractivity contribution is 5.89. The van der Waals surface area contributed by atoms with Gasteiger partial charge in [-0.1, -0.05) is 18.2 Å². The van der Waals surface area contributed by atoms with Gasteiger partial charge in [0.25, 0.3) is 5.56 Å². The van der Waals surface area contributed by atoms with Gasteiger partial charge in [0.05, 0.1) is 17.4 Å². The number of nitrogens with zero attached hydrogens (tertiary/aromatic N) is 2. The Bertz CT molecular complexity index is 1080. The fourth-order valence-electron chi connectivity index (χ4n) is 2.91. The fraction of sp³-hybridized carbons (Fsp3) is 0.300. The molecule has 0 aliphatic carbocycles. The average Bonchev–Trinajstić information content (AvgIpc) is 3.18. The van der Waals surface area contributed by atoms with Gasteiger partial charge >= 0.3 is 11.9 Å². The Morgan fingerprint density at radius 3 is 2.63 bits per heavy atom. The number of benzene rings is 1. The lowest BCUT2D eigenvalue weighted by molar-refractivity contribution is -0.163. The number of rotatable bonds is 8. The minimum absolute atomic E-state index is 0.0614. The zero-order valence-electron chi connectivity index (χ0n) is 16.3. The van der Waals surface area contributed by atoms with Crippen molar-refractivity contribution < 1.29 is 28.2 Å². The first-order valence-electron chi connectivity index (χ1n) is 9.03. The number of carbonyl (C=O) groups excluding carboxylic acids is 2. The number of halogens is 1. The van der Waals surface area contributed by atoms with E-state index >= 15 is 4.39 Å². The van der Waals surface area contributed by atoms with E-state index in [1.807, 2.05) is 0 Å². The number of imidazole rings is 1. The molecule has 0 saturated heterocycles. The molecule has 10 heteroatoms. The van der Waals surface area contributed by atoms with Crippen LogP contribution >= 0.6 is 0 Å². The Balaban J connectivity index is 1.83. The summed E-state index contributed by atoms with van der Waals surface area (Å²) in [7, 11) is 1.25. The summed E-state index contributed by atoms with van der Waals surface area (Å²) in [6.07, 6.45) is -2.10. The Kier molecular flexibility index (Phi) is 6.58. The van der Waals surface area contributed by atoms with E-state index in [0.29, 0.717) is 5.56 Å². The summed E-state index contributed by atoms with van der Waals surface area (Å²) in [5.74, 6) is -1.39. The highest BCUT2D eigenvalue weighted by atomic mass is 19.1. The minimum atomic E-state index is -1.93. The molecule has 0 bridgehead atoms. The van der Waals surface area contributed by atoms with E-state index in [-0.39, 0.29) is 11.0 Å². The lowest BCUT2D eigenvalue weighted by Crippen LogP contribution is -2.38. The second-order valence-electron chi connectivity index (χ2n) is 6.38. The van der Waals surface area contributed by atoms with Gasteiger partial charge in [0.15, 0.2) is 11.7 Å². The summed E-state index contributed by atoms with van der Waals surface area (Å²) in [4.78, 5) is 42.1. The summed E-state index contributed by atoms with van der Waals surface area (Å²) in [6.45, 7) is 0.708. The number of carbonyl (C=O) groups is 2. The number of aromatic amines is 1. The van der Waals surface area contributed by atoms with Gasteiger partial charge in [-0.15, -0.1) is 0 Å². The van der Waals surface area contributed by atoms with Gasteiger partial charge in [-0.25, -0.2) is 14.2 Å². The Morgan fingerprint density at radius 1 is 1.23 bits per heavy atom. The number of aromatic nitrogens is 3. The minimum Gasteiger partial charge on any atom is -0.459 e. The number of methoxy groups -OCH3 is 1. The maximum atomic E-state index is 15.4. The molecule has 3 rings (SSSR count). The van der Waals surface area contributed by atoms with Gasteiger partial charge < -0.3 is 19.2 Å². The standard InChI is InChI=1S/C20H20FN3O6/c1-12(25)30-19(24-11-23-17-14(24)8-9-22-18(17)26)16(21)15(28-2)10-29-20(27)13-6-4-3-5-7-13/h3-9,11,15-16,19H,10H2,1-2H3,(H,22,26)/t15-,16+,19-/m1/s1. The third-order valence-electron chi connectivity index (χ3n) is 4.38. The molecule has 2 aromatic heterocycles. The first-order chi connectivity index (χ1) is 14.4. The van der Waals surface area contributed by atoms with Crippen LogP contribution in [0.4, 0.5) is 4.39 Å². The second-order valence-corrected chi connectivity index (χ2v) is 6.38. The molecule has 0 unspecified atom stereocenters. The molecule has 158 valence electrons. The van der Waals surface area contributed by atoms with Crippen LogP contribution in [0.2, 0.25) is 0 Å². The summed E-state index contributed by atoms with van der Waals surface area (Å²) in [5, 5.41) is 0. The van der Waals surface area contributed by atoms with Crippen molar-refractivity contribution in [2.24, 2.45) is 0 Å². The van der Waals surface area contributed by atoms with Crippen LogP contribution in [0.5, 0.6) is 0 Å². The molecule has 0 fully saturated rings. The quantitative estimate of drug-likeness (QED) is 0.558. The molecule has 0 aliphatic rings. The predicted octanol–water partition coefficient (Wildman–Crippen LogP) is 2.00. The molecule has 3 atom stereocenters. The maximum Gasteiger partial charge on any atom is 0.338 e. The van der Waals surface area contributed by atoms with Crippen LogP contribution in [0.3, 0.4) is 0 Å². The fourth-order valence-corrected chi connectivity index (χ4v) is 2.91. The highest BCUT2D eigenvalue weighted by Crippen LogP contribution is 2.25. The van der Waals surface area contributed by atoms with Crippen molar-refractivity contribution in [2.45, 2.75) is 25.4 Å². The normalized spacial score (nSPS) is 14.1. The van der Waals surface area contributed by atoms with Gasteiger partial charge in [-0.3, -0.25) is 14.2 Å². The SMILES string of the molecule is CO[C@H](COC(=O)c1ccccc1)[C@H](F)[C@@H](OC(C)=O)n1cnc2c(=O)[nH]ccc21. The smallest absolute Gasteiger partial charge is 0.338 e. The third-order valence-corrected chi connectivity index (χ3v) is 4.38. The van der Waals surface area contributed by atoms with E-state index in [1.165, 1.54) is 30.3 Å². The lowest BCUT2D eigenvalue weighted by atomic mass is 10.2. The molecule has 0 saturated carbocycles. The van der Waals surface area contributed by atoms with Crippen molar-refractivity contribution in [3.05, 3.63) is 64.8 Å². The number of hydrogen-bond donors (Lipinski definition) is 1. The molecule has 1 aromatic carbocycles. The van der Waals surface area contributed by atoms with Crippen LogP contribution in [-0.4, -0.2) is 52.5 Å². The van der Waals surface area contributed by atoms with Gasteiger partial charge in [-0.2, -0.15) is 0 Å². The predicted molar refractivity (Wildman–Crippen MR) is 104 cm³/mol. The van der Waals surface area contributed by atoms with Crippen LogP contribution < -0.4 is 5.56 Å². The van der Waals surface area contributed by atoms with Crippen LogP contribution in [0, 0.1) is 0 Å². The van der Waals surface area contributed by atoms with Crippen molar-refractivity contribution in [1.82, 2.24) is 14.5 Å². The Morgan fingerprint density at radius 2 is 1.97 bits per heavy atom. The first-order valence-corrected chi connectivity index (χ1v) is 9.03. The average molecular weight is 417 g/mol. The van der Waals surface area contributed by atoms with E-state index in [4.69, 9.17) is 14.2 Å². The zero-order chi connectivity index (χ0) is 21.7. The molecule has 1 N–H and O–H groups in total. The number of pyridine rings is 1. The molecule has 30 heavy (non-hydrogen) atoms. The Labute approximate surface area is 170 Å². The number of H-pyrrole nitrogens is 1. The van der Waals surface area contributed by atoms with Gasteiger partial charge in [-0.05, 0) is 18.2 Å². The number of esters is 2. The van der Waals surface area contributed by atoms with Gasteiger partial charge in [0.1, 0.15) is 12.7 Å². The molecule has 2 heterocycles. The van der Waals surface area contributed by atoms with E-state index < -0.39 is 42.6 Å². The van der Waals surface area contributed by atoms with Crippen molar-refractivity contribution in [3.8, 4) is 0 Å². The third kappa shape index (κ3) is 4.54. The summed E-state index contributed by atoms with van der Waals surface area (Å²) in [6, 6.07) is 9.72. The molecule has 9 nitrogen and oxygen atoms in total. The van der Waals surface area contributed by atoms with E-state index in [2.05, 4.69) is 9.97 Å². The van der Waals surface area contributed by atoms with Crippen LogP contribution in [-0.2, 0) is 19.0 Å². The molecule has 0 spiro atoms. The second kappa shape index (κ2) is 9.31. The van der Waals surface area contributed by atoms with Crippen molar-refractivity contribution in [3.63, 3.8) is 0 Å². The van der Waals surface area contributed by atoms with Gasteiger partial charge in [0, 0.05) is 20.2 Å². The number of fused-ring (bicyclic) bond motifs is 1.